The maximum atomic E-state index is 5.75. The Morgan fingerprint density at radius 2 is 1.71 bits per heavy atom. The molecule has 1 nitrogen and oxygen atoms in total. The zero-order valence-electron chi connectivity index (χ0n) is 13.9. The molecule has 1 heteroatoms. The van der Waals surface area contributed by atoms with Crippen LogP contribution in [0.25, 0.3) is 0 Å². The van der Waals surface area contributed by atoms with E-state index in [2.05, 4.69) is 45.2 Å². The van der Waals surface area contributed by atoms with Gasteiger partial charge in [-0.2, -0.15) is 0 Å². The number of rotatable bonds is 8. The molecule has 0 heterocycles. The van der Waals surface area contributed by atoms with Crippen LogP contribution in [0.15, 0.2) is 83.7 Å². The molecule has 0 amide bonds. The van der Waals surface area contributed by atoms with Gasteiger partial charge in [0.05, 0.1) is 0 Å². The minimum Gasteiger partial charge on any atom is -0.402 e. The normalized spacial score (nSPS) is 15.1. The van der Waals surface area contributed by atoms with E-state index >= 15 is 0 Å². The lowest BCUT2D eigenvalue weighted by Crippen LogP contribution is -1.98. The molecule has 114 valence electrons. The summed E-state index contributed by atoms with van der Waals surface area (Å²) in [5.74, 6) is 0. The topological polar surface area (TPSA) is 26.0 Å². The fourth-order valence-electron chi connectivity index (χ4n) is 2.15. The highest BCUT2D eigenvalue weighted by Gasteiger charge is 2.10. The van der Waals surface area contributed by atoms with Crippen LogP contribution in [0.1, 0.15) is 40.5 Å². The van der Waals surface area contributed by atoms with Crippen LogP contribution in [0.5, 0.6) is 0 Å². The summed E-state index contributed by atoms with van der Waals surface area (Å²) < 4.78 is 0. The molecule has 0 unspecified atom stereocenters. The predicted octanol–water partition coefficient (Wildman–Crippen LogP) is 5.77. The van der Waals surface area contributed by atoms with Gasteiger partial charge in [0.15, 0.2) is 0 Å². The van der Waals surface area contributed by atoms with E-state index in [0.29, 0.717) is 0 Å². The second kappa shape index (κ2) is 10.7. The van der Waals surface area contributed by atoms with Gasteiger partial charge in [0.25, 0.3) is 0 Å². The Balaban J connectivity index is 6.33. The second-order valence-electron chi connectivity index (χ2n) is 4.77. The molecule has 0 aromatic carbocycles. The molecule has 0 radical (unpaired) electrons. The highest BCUT2D eigenvalue weighted by Crippen LogP contribution is 2.29. The second-order valence-corrected chi connectivity index (χ2v) is 4.77. The van der Waals surface area contributed by atoms with Crippen molar-refractivity contribution in [2.45, 2.75) is 40.5 Å². The van der Waals surface area contributed by atoms with Gasteiger partial charge in [-0.25, -0.2) is 0 Å². The summed E-state index contributed by atoms with van der Waals surface area (Å²) >= 11 is 0. The number of allylic oxidation sites excluding steroid dienone is 12. The molecular formula is C20H29N. The van der Waals surface area contributed by atoms with E-state index in [4.69, 9.17) is 5.73 Å². The third-order valence-corrected chi connectivity index (χ3v) is 3.13. The molecule has 0 bridgehead atoms. The zero-order valence-corrected chi connectivity index (χ0v) is 13.9. The van der Waals surface area contributed by atoms with Crippen molar-refractivity contribution in [3.8, 4) is 0 Å². The average Bonchev–Trinajstić information content (AvgIpc) is 2.47. The third kappa shape index (κ3) is 6.31. The van der Waals surface area contributed by atoms with Crippen molar-refractivity contribution < 1.29 is 0 Å². The molecule has 0 fully saturated rings. The van der Waals surface area contributed by atoms with Gasteiger partial charge in [-0.3, -0.25) is 0 Å². The van der Waals surface area contributed by atoms with Crippen LogP contribution in [0.4, 0.5) is 0 Å². The minimum atomic E-state index is 0.781. The lowest BCUT2D eigenvalue weighted by atomic mass is 9.89. The average molecular weight is 283 g/mol. The van der Waals surface area contributed by atoms with Crippen LogP contribution in [-0.4, -0.2) is 0 Å². The van der Waals surface area contributed by atoms with Gasteiger partial charge in [-0.15, -0.1) is 0 Å². The van der Waals surface area contributed by atoms with Crippen LogP contribution in [0, 0.1) is 0 Å². The van der Waals surface area contributed by atoms with Crippen molar-refractivity contribution in [1.82, 2.24) is 0 Å². The molecule has 0 aliphatic rings. The van der Waals surface area contributed by atoms with E-state index in [1.807, 2.05) is 38.2 Å². The van der Waals surface area contributed by atoms with Crippen LogP contribution in [-0.2, 0) is 0 Å². The summed E-state index contributed by atoms with van der Waals surface area (Å²) in [5.41, 5.74) is 11.4. The first-order chi connectivity index (χ1) is 10.0. The Morgan fingerprint density at radius 1 is 1.05 bits per heavy atom. The van der Waals surface area contributed by atoms with Gasteiger partial charge >= 0.3 is 0 Å². The Morgan fingerprint density at radius 3 is 2.10 bits per heavy atom. The summed E-state index contributed by atoms with van der Waals surface area (Å²) in [7, 11) is 0. The van der Waals surface area contributed by atoms with Crippen molar-refractivity contribution in [2.75, 3.05) is 0 Å². The molecule has 0 rings (SSSR count). The van der Waals surface area contributed by atoms with Gasteiger partial charge in [0.1, 0.15) is 0 Å². The standard InChI is InChI=1S/C20H29N/c1-7-12-17(9-3)20(18(10-4)13-8-2)19(11-5)15-14-16(6)21/h7-8,11-15H,1,5,9-10,21H2,2-4,6H3/b13-8+,16-14+,17-12+,19-15+,20-18-. The molecule has 21 heavy (non-hydrogen) atoms. The van der Waals surface area contributed by atoms with Crippen molar-refractivity contribution in [3.05, 3.63) is 83.7 Å². The molecule has 0 aliphatic heterocycles. The molecule has 0 saturated carbocycles. The molecule has 0 saturated heterocycles. The molecule has 0 spiro atoms. The SMILES string of the molecule is C=C/C=C(CC)/C(=C(/C=C/C)CC)C(/C=C)=C/C=C(\C)N. The van der Waals surface area contributed by atoms with E-state index in [-0.39, 0.29) is 0 Å². The quantitative estimate of drug-likeness (QED) is 0.562. The van der Waals surface area contributed by atoms with E-state index in [0.717, 1.165) is 24.1 Å². The van der Waals surface area contributed by atoms with Crippen LogP contribution >= 0.6 is 0 Å². The number of nitrogens with two attached hydrogens (primary N) is 1. The van der Waals surface area contributed by atoms with Crippen molar-refractivity contribution in [2.24, 2.45) is 5.73 Å². The summed E-state index contributed by atoms with van der Waals surface area (Å²) in [4.78, 5) is 0. The highest BCUT2D eigenvalue weighted by atomic mass is 14.5. The molecule has 0 aliphatic carbocycles. The third-order valence-electron chi connectivity index (χ3n) is 3.13. The smallest absolute Gasteiger partial charge is 0.00490 e. The molecule has 2 N–H and O–H groups in total. The zero-order chi connectivity index (χ0) is 16.3. The first-order valence-corrected chi connectivity index (χ1v) is 7.50. The maximum absolute atomic E-state index is 5.75. The number of hydrogen-bond acceptors (Lipinski definition) is 1. The monoisotopic (exact) mass is 283 g/mol. The van der Waals surface area contributed by atoms with Crippen LogP contribution in [0.3, 0.4) is 0 Å². The van der Waals surface area contributed by atoms with Crippen LogP contribution < -0.4 is 5.73 Å². The van der Waals surface area contributed by atoms with Crippen molar-refractivity contribution >= 4 is 0 Å². The Hall–Kier alpha value is -2.02. The summed E-state index contributed by atoms with van der Waals surface area (Å²) in [6.45, 7) is 16.0. The van der Waals surface area contributed by atoms with Gasteiger partial charge in [-0.1, -0.05) is 63.5 Å². The van der Waals surface area contributed by atoms with E-state index in [1.54, 1.807) is 0 Å². The van der Waals surface area contributed by atoms with Crippen molar-refractivity contribution in [3.63, 3.8) is 0 Å². The van der Waals surface area contributed by atoms with Gasteiger partial charge in [-0.05, 0) is 55.1 Å². The molecule has 0 atom stereocenters. The van der Waals surface area contributed by atoms with Gasteiger partial charge < -0.3 is 5.73 Å². The fraction of sp³-hybridized carbons (Fsp3) is 0.300. The summed E-state index contributed by atoms with van der Waals surface area (Å²) in [5, 5.41) is 0. The van der Waals surface area contributed by atoms with Crippen molar-refractivity contribution in [1.29, 1.82) is 0 Å². The Labute approximate surface area is 130 Å². The summed E-state index contributed by atoms with van der Waals surface area (Å²) in [6.07, 6.45) is 15.9. The predicted molar refractivity (Wildman–Crippen MR) is 96.9 cm³/mol. The largest absolute Gasteiger partial charge is 0.402 e. The minimum absolute atomic E-state index is 0.781. The van der Waals surface area contributed by atoms with E-state index in [1.165, 1.54) is 16.7 Å². The Bertz CT molecular complexity index is 504. The molecular weight excluding hydrogens is 254 g/mol. The highest BCUT2D eigenvalue weighted by molar-refractivity contribution is 5.57. The maximum Gasteiger partial charge on any atom is 0.00490 e. The van der Waals surface area contributed by atoms with Gasteiger partial charge in [0.2, 0.25) is 0 Å². The first kappa shape index (κ1) is 19.0. The van der Waals surface area contributed by atoms with E-state index in [9.17, 15) is 0 Å². The molecule has 0 aromatic rings. The van der Waals surface area contributed by atoms with E-state index < -0.39 is 0 Å². The lowest BCUT2D eigenvalue weighted by molar-refractivity contribution is 1.06. The summed E-state index contributed by atoms with van der Waals surface area (Å²) in [6, 6.07) is 0. The Kier molecular flexibility index (Phi) is 9.70. The number of hydrogen-bond donors (Lipinski definition) is 1. The van der Waals surface area contributed by atoms with Gasteiger partial charge in [0, 0.05) is 5.70 Å². The fourth-order valence-corrected chi connectivity index (χ4v) is 2.15. The van der Waals surface area contributed by atoms with Crippen LogP contribution in [0.2, 0.25) is 0 Å². The first-order valence-electron chi connectivity index (χ1n) is 7.50. The lowest BCUT2D eigenvalue weighted by Gasteiger charge is -2.16. The molecule has 0 aromatic heterocycles.